The molecule has 0 bridgehead atoms. The van der Waals surface area contributed by atoms with Crippen LogP contribution in [0.25, 0.3) is 0 Å². The number of carbonyl (C=O) groups is 1. The molecule has 0 amide bonds. The molecule has 0 atom stereocenters. The monoisotopic (exact) mass is 516 g/mol. The standard InChI is InChI=1S/C29H32N4O5/c1-4-6-26-28(18-31-33(26)20-22-11-15-24(37-3)16-12-22)38-29(35)8-5-7-25-27(34)17-30-32(25)19-21-9-13-23(36-2)14-10-21/h4,9-18,34H,1,5-8,19-20H2,2-3H3. The Morgan fingerprint density at radius 3 is 2.00 bits per heavy atom. The van der Waals surface area contributed by atoms with Crippen LogP contribution in [0.4, 0.5) is 0 Å². The van der Waals surface area contributed by atoms with Crippen molar-refractivity contribution in [3.05, 3.63) is 96.1 Å². The highest BCUT2D eigenvalue weighted by atomic mass is 16.5. The molecule has 2 heterocycles. The van der Waals surface area contributed by atoms with Crippen molar-refractivity contribution in [3.8, 4) is 23.0 Å². The normalized spacial score (nSPS) is 10.8. The first kappa shape index (κ1) is 26.5. The lowest BCUT2D eigenvalue weighted by Crippen LogP contribution is -2.12. The van der Waals surface area contributed by atoms with Crippen LogP contribution >= 0.6 is 0 Å². The minimum Gasteiger partial charge on any atom is -0.504 e. The average molecular weight is 517 g/mol. The highest BCUT2D eigenvalue weighted by Crippen LogP contribution is 2.23. The Morgan fingerprint density at radius 1 is 0.895 bits per heavy atom. The summed E-state index contributed by atoms with van der Waals surface area (Å²) in [5, 5.41) is 19.0. The van der Waals surface area contributed by atoms with Crippen LogP contribution in [0, 0.1) is 0 Å². The van der Waals surface area contributed by atoms with Gasteiger partial charge in [-0.1, -0.05) is 30.3 Å². The Kier molecular flexibility index (Phi) is 8.81. The van der Waals surface area contributed by atoms with Gasteiger partial charge in [-0.15, -0.1) is 6.58 Å². The van der Waals surface area contributed by atoms with Crippen molar-refractivity contribution in [2.45, 2.75) is 38.8 Å². The minimum atomic E-state index is -0.361. The summed E-state index contributed by atoms with van der Waals surface area (Å²) in [6, 6.07) is 15.4. The number of methoxy groups -OCH3 is 2. The number of hydrogen-bond acceptors (Lipinski definition) is 7. The minimum absolute atomic E-state index is 0.111. The average Bonchev–Trinajstić information content (AvgIpc) is 3.47. The molecule has 198 valence electrons. The summed E-state index contributed by atoms with van der Waals surface area (Å²) in [5.41, 5.74) is 3.52. The molecule has 0 aliphatic rings. The number of hydrogen-bond donors (Lipinski definition) is 1. The molecule has 38 heavy (non-hydrogen) atoms. The van der Waals surface area contributed by atoms with Crippen LogP contribution in [0.2, 0.25) is 0 Å². The summed E-state index contributed by atoms with van der Waals surface area (Å²) >= 11 is 0. The molecule has 9 heteroatoms. The Bertz CT molecular complexity index is 1360. The van der Waals surface area contributed by atoms with E-state index in [2.05, 4.69) is 16.8 Å². The van der Waals surface area contributed by atoms with Gasteiger partial charge in [-0.2, -0.15) is 10.2 Å². The molecule has 1 N–H and O–H groups in total. The summed E-state index contributed by atoms with van der Waals surface area (Å²) in [6.07, 6.45) is 6.42. The Morgan fingerprint density at radius 2 is 1.45 bits per heavy atom. The number of carbonyl (C=O) groups excluding carboxylic acids is 1. The van der Waals surface area contributed by atoms with Gasteiger partial charge >= 0.3 is 5.97 Å². The van der Waals surface area contributed by atoms with E-state index in [0.717, 1.165) is 28.3 Å². The summed E-state index contributed by atoms with van der Waals surface area (Å²) < 4.78 is 19.6. The summed E-state index contributed by atoms with van der Waals surface area (Å²) in [6.45, 7) is 4.86. The molecule has 0 unspecified atom stereocenters. The van der Waals surface area contributed by atoms with E-state index in [1.165, 1.54) is 6.20 Å². The van der Waals surface area contributed by atoms with E-state index in [1.54, 1.807) is 31.2 Å². The maximum Gasteiger partial charge on any atom is 0.311 e. The molecule has 0 saturated heterocycles. The van der Waals surface area contributed by atoms with E-state index >= 15 is 0 Å². The lowest BCUT2D eigenvalue weighted by atomic mass is 10.1. The third-order valence-corrected chi connectivity index (χ3v) is 6.18. The van der Waals surface area contributed by atoms with Crippen molar-refractivity contribution in [2.75, 3.05) is 14.2 Å². The maximum absolute atomic E-state index is 12.7. The van der Waals surface area contributed by atoms with Crippen LogP contribution in [-0.2, 0) is 30.7 Å². The second kappa shape index (κ2) is 12.6. The number of allylic oxidation sites excluding steroid dienone is 1. The van der Waals surface area contributed by atoms with Gasteiger partial charge in [-0.3, -0.25) is 14.2 Å². The second-order valence-electron chi connectivity index (χ2n) is 8.76. The highest BCUT2D eigenvalue weighted by Gasteiger charge is 2.16. The zero-order chi connectivity index (χ0) is 26.9. The smallest absolute Gasteiger partial charge is 0.311 e. The molecule has 4 rings (SSSR count). The van der Waals surface area contributed by atoms with E-state index in [-0.39, 0.29) is 18.1 Å². The number of aromatic nitrogens is 4. The van der Waals surface area contributed by atoms with E-state index in [4.69, 9.17) is 14.2 Å². The number of esters is 1. The summed E-state index contributed by atoms with van der Waals surface area (Å²) in [5.74, 6) is 1.74. The number of rotatable bonds is 13. The Hall–Kier alpha value is -4.53. The fourth-order valence-corrected chi connectivity index (χ4v) is 4.13. The van der Waals surface area contributed by atoms with Crippen LogP contribution in [-0.4, -0.2) is 44.9 Å². The molecule has 9 nitrogen and oxygen atoms in total. The molecule has 0 fully saturated rings. The number of nitrogens with zero attached hydrogens (tertiary/aromatic N) is 4. The first-order valence-corrected chi connectivity index (χ1v) is 12.4. The first-order valence-electron chi connectivity index (χ1n) is 12.4. The van der Waals surface area contributed by atoms with Crippen LogP contribution in [0.5, 0.6) is 23.0 Å². The van der Waals surface area contributed by atoms with Crippen molar-refractivity contribution in [1.82, 2.24) is 19.6 Å². The molecule has 0 saturated carbocycles. The van der Waals surface area contributed by atoms with Gasteiger partial charge < -0.3 is 19.3 Å². The SMILES string of the molecule is C=CCc1c(OC(=O)CCCc2c(O)cnn2Cc2ccc(OC)cc2)cnn1Cc1ccc(OC)cc1. The summed E-state index contributed by atoms with van der Waals surface area (Å²) in [4.78, 5) is 12.7. The fourth-order valence-electron chi connectivity index (χ4n) is 4.13. The third kappa shape index (κ3) is 6.61. The molecule has 0 radical (unpaired) electrons. The number of benzene rings is 2. The first-order chi connectivity index (χ1) is 18.5. The van der Waals surface area contributed by atoms with Crippen molar-refractivity contribution < 1.29 is 24.1 Å². The Labute approximate surface area is 221 Å². The predicted octanol–water partition coefficient (Wildman–Crippen LogP) is 4.56. The molecule has 0 aliphatic carbocycles. The van der Waals surface area contributed by atoms with Crippen molar-refractivity contribution in [3.63, 3.8) is 0 Å². The van der Waals surface area contributed by atoms with Crippen LogP contribution in [0.1, 0.15) is 35.4 Å². The largest absolute Gasteiger partial charge is 0.504 e. The molecule has 2 aromatic heterocycles. The van der Waals surface area contributed by atoms with E-state index in [1.807, 2.05) is 53.2 Å². The van der Waals surface area contributed by atoms with E-state index in [0.29, 0.717) is 43.8 Å². The van der Waals surface area contributed by atoms with Crippen LogP contribution in [0.15, 0.2) is 73.6 Å². The van der Waals surface area contributed by atoms with Crippen molar-refractivity contribution in [2.24, 2.45) is 0 Å². The highest BCUT2D eigenvalue weighted by molar-refractivity contribution is 5.72. The maximum atomic E-state index is 12.7. The van der Waals surface area contributed by atoms with Gasteiger partial charge in [-0.05, 0) is 48.2 Å². The Balaban J connectivity index is 1.34. The van der Waals surface area contributed by atoms with Gasteiger partial charge in [0.2, 0.25) is 0 Å². The van der Waals surface area contributed by atoms with E-state index in [9.17, 15) is 9.90 Å². The van der Waals surface area contributed by atoms with Crippen molar-refractivity contribution in [1.29, 1.82) is 0 Å². The molecule has 4 aromatic rings. The molecule has 0 spiro atoms. The number of ether oxygens (including phenoxy) is 3. The predicted molar refractivity (Wildman–Crippen MR) is 143 cm³/mol. The quantitative estimate of drug-likeness (QED) is 0.205. The van der Waals surface area contributed by atoms with Gasteiger partial charge in [0.15, 0.2) is 11.5 Å². The van der Waals surface area contributed by atoms with Gasteiger partial charge in [0.25, 0.3) is 0 Å². The molecule has 0 aliphatic heterocycles. The fraction of sp³-hybridized carbons (Fsp3) is 0.276. The van der Waals surface area contributed by atoms with Gasteiger partial charge in [0.1, 0.15) is 11.5 Å². The topological polar surface area (TPSA) is 101 Å². The summed E-state index contributed by atoms with van der Waals surface area (Å²) in [7, 11) is 3.25. The zero-order valence-electron chi connectivity index (χ0n) is 21.7. The van der Waals surface area contributed by atoms with Crippen LogP contribution < -0.4 is 14.2 Å². The van der Waals surface area contributed by atoms with Gasteiger partial charge in [-0.25, -0.2) is 0 Å². The second-order valence-corrected chi connectivity index (χ2v) is 8.76. The van der Waals surface area contributed by atoms with E-state index < -0.39 is 0 Å². The van der Waals surface area contributed by atoms with Gasteiger partial charge in [0, 0.05) is 12.8 Å². The lowest BCUT2D eigenvalue weighted by molar-refractivity contribution is -0.134. The molecular weight excluding hydrogens is 484 g/mol. The lowest BCUT2D eigenvalue weighted by Gasteiger charge is -2.10. The zero-order valence-corrected chi connectivity index (χ0v) is 21.7. The molecule has 2 aromatic carbocycles. The molecular formula is C29H32N4O5. The number of aromatic hydroxyl groups is 1. The van der Waals surface area contributed by atoms with Crippen molar-refractivity contribution >= 4 is 5.97 Å². The third-order valence-electron chi connectivity index (χ3n) is 6.18. The van der Waals surface area contributed by atoms with Crippen LogP contribution in [0.3, 0.4) is 0 Å². The van der Waals surface area contributed by atoms with Gasteiger partial charge in [0.05, 0.1) is 51.1 Å².